The van der Waals surface area contributed by atoms with Crippen molar-refractivity contribution in [2.24, 2.45) is 11.7 Å². The van der Waals surface area contributed by atoms with Crippen LogP contribution in [-0.4, -0.2) is 0 Å². The Labute approximate surface area is 72.7 Å². The summed E-state index contributed by atoms with van der Waals surface area (Å²) in [7, 11) is 0. The molecule has 1 unspecified atom stereocenters. The van der Waals surface area contributed by atoms with Crippen molar-refractivity contribution >= 4 is 0 Å². The maximum Gasteiger partial charge on any atom is 0.123 e. The summed E-state index contributed by atoms with van der Waals surface area (Å²) in [5.74, 6) is 1.65. The molecule has 1 aromatic heterocycles. The number of aryl methyl sites for hydroxylation is 1. The largest absolute Gasteiger partial charge is 0.467 e. The summed E-state index contributed by atoms with van der Waals surface area (Å²) in [5.41, 5.74) is 7.24. The van der Waals surface area contributed by atoms with E-state index in [2.05, 4.69) is 6.92 Å². The minimum Gasteiger partial charge on any atom is -0.467 e. The topological polar surface area (TPSA) is 39.2 Å². The molecule has 2 nitrogen and oxygen atoms in total. The molecule has 1 fully saturated rings. The molecule has 2 rings (SSSR count). The first-order chi connectivity index (χ1) is 5.79. The molecule has 2 N–H and O–H groups in total. The smallest absolute Gasteiger partial charge is 0.123 e. The van der Waals surface area contributed by atoms with Crippen LogP contribution in [0.1, 0.15) is 36.6 Å². The van der Waals surface area contributed by atoms with Gasteiger partial charge in [0.2, 0.25) is 0 Å². The van der Waals surface area contributed by atoms with Gasteiger partial charge in [-0.25, -0.2) is 0 Å². The molecule has 1 aliphatic carbocycles. The summed E-state index contributed by atoms with van der Waals surface area (Å²) < 4.78 is 5.36. The molecule has 1 aliphatic rings. The van der Waals surface area contributed by atoms with Crippen LogP contribution in [-0.2, 0) is 0 Å². The van der Waals surface area contributed by atoms with Crippen LogP contribution < -0.4 is 5.73 Å². The molecular weight excluding hydrogens is 150 g/mol. The second-order valence-electron chi connectivity index (χ2n) is 3.68. The highest BCUT2D eigenvalue weighted by Crippen LogP contribution is 2.37. The fourth-order valence-corrected chi connectivity index (χ4v) is 1.74. The molecule has 1 aromatic rings. The van der Waals surface area contributed by atoms with Gasteiger partial charge in [0.1, 0.15) is 5.76 Å². The molecule has 0 saturated heterocycles. The number of furan rings is 1. The third-order valence-corrected chi connectivity index (χ3v) is 2.86. The first-order valence-electron chi connectivity index (χ1n) is 4.58. The van der Waals surface area contributed by atoms with Gasteiger partial charge in [0.05, 0.1) is 12.3 Å². The third-order valence-electron chi connectivity index (χ3n) is 2.86. The Bertz CT molecular complexity index is 263. The Morgan fingerprint density at radius 1 is 1.58 bits per heavy atom. The van der Waals surface area contributed by atoms with Crippen molar-refractivity contribution in [3.8, 4) is 0 Å². The van der Waals surface area contributed by atoms with E-state index in [4.69, 9.17) is 10.2 Å². The predicted molar refractivity (Wildman–Crippen MR) is 47.7 cm³/mol. The van der Waals surface area contributed by atoms with Gasteiger partial charge in [0, 0.05) is 0 Å². The molecule has 66 valence electrons. The number of hydrogen-bond acceptors (Lipinski definition) is 2. The van der Waals surface area contributed by atoms with Crippen LogP contribution in [0.15, 0.2) is 16.7 Å². The van der Waals surface area contributed by atoms with Crippen molar-refractivity contribution in [2.45, 2.75) is 32.2 Å². The van der Waals surface area contributed by atoms with Crippen LogP contribution in [0.2, 0.25) is 0 Å². The van der Waals surface area contributed by atoms with Gasteiger partial charge in [-0.3, -0.25) is 0 Å². The number of hydrogen-bond donors (Lipinski definition) is 1. The number of nitrogens with two attached hydrogens (primary N) is 1. The summed E-state index contributed by atoms with van der Waals surface area (Å²) in [4.78, 5) is 0. The Hall–Kier alpha value is -0.760. The van der Waals surface area contributed by atoms with E-state index >= 15 is 0 Å². The van der Waals surface area contributed by atoms with Crippen LogP contribution in [0.25, 0.3) is 0 Å². The fourth-order valence-electron chi connectivity index (χ4n) is 1.74. The van der Waals surface area contributed by atoms with Crippen molar-refractivity contribution in [3.05, 3.63) is 23.7 Å². The van der Waals surface area contributed by atoms with Crippen LogP contribution >= 0.6 is 0 Å². The lowest BCUT2D eigenvalue weighted by Gasteiger charge is -2.30. The van der Waals surface area contributed by atoms with Gasteiger partial charge in [-0.1, -0.05) is 6.42 Å². The Morgan fingerprint density at radius 2 is 2.33 bits per heavy atom. The molecule has 0 bridgehead atoms. The minimum atomic E-state index is 0.133. The lowest BCUT2D eigenvalue weighted by atomic mass is 9.79. The lowest BCUT2D eigenvalue weighted by molar-refractivity contribution is 0.240. The lowest BCUT2D eigenvalue weighted by Crippen LogP contribution is -2.26. The zero-order valence-corrected chi connectivity index (χ0v) is 7.42. The second kappa shape index (κ2) is 2.94. The van der Waals surface area contributed by atoms with Crippen LogP contribution in [0.4, 0.5) is 0 Å². The zero-order chi connectivity index (χ0) is 8.55. The molecule has 1 saturated carbocycles. The van der Waals surface area contributed by atoms with Gasteiger partial charge >= 0.3 is 0 Å². The summed E-state index contributed by atoms with van der Waals surface area (Å²) in [5, 5.41) is 0. The van der Waals surface area contributed by atoms with Crippen molar-refractivity contribution < 1.29 is 4.42 Å². The van der Waals surface area contributed by atoms with Crippen LogP contribution in [0.5, 0.6) is 0 Å². The molecule has 1 heterocycles. The molecule has 0 amide bonds. The molecule has 0 aliphatic heterocycles. The van der Waals surface area contributed by atoms with Gasteiger partial charge in [-0.05, 0) is 37.3 Å². The van der Waals surface area contributed by atoms with Crippen molar-refractivity contribution in [1.29, 1.82) is 0 Å². The summed E-state index contributed by atoms with van der Waals surface area (Å²) in [6.45, 7) is 2.05. The average molecular weight is 165 g/mol. The molecule has 12 heavy (non-hydrogen) atoms. The van der Waals surface area contributed by atoms with Crippen molar-refractivity contribution in [1.82, 2.24) is 0 Å². The third kappa shape index (κ3) is 1.16. The first-order valence-corrected chi connectivity index (χ1v) is 4.58. The molecular formula is C10H15NO. The van der Waals surface area contributed by atoms with E-state index in [1.807, 2.05) is 6.07 Å². The molecule has 1 atom stereocenters. The van der Waals surface area contributed by atoms with Gasteiger partial charge in [0.25, 0.3) is 0 Å². The Morgan fingerprint density at radius 3 is 2.75 bits per heavy atom. The highest BCUT2D eigenvalue weighted by Gasteiger charge is 2.28. The average Bonchev–Trinajstić information content (AvgIpc) is 2.31. The first kappa shape index (κ1) is 7.87. The molecule has 0 radical (unpaired) electrons. The zero-order valence-electron chi connectivity index (χ0n) is 7.42. The van der Waals surface area contributed by atoms with E-state index in [-0.39, 0.29) is 6.04 Å². The summed E-state index contributed by atoms with van der Waals surface area (Å²) in [6.07, 6.45) is 5.59. The van der Waals surface area contributed by atoms with E-state index in [0.29, 0.717) is 5.92 Å². The minimum absolute atomic E-state index is 0.133. The highest BCUT2D eigenvalue weighted by atomic mass is 16.3. The van der Waals surface area contributed by atoms with Gasteiger partial charge in [-0.2, -0.15) is 0 Å². The Balaban J connectivity index is 2.13. The predicted octanol–water partition coefficient (Wildman–Crippen LogP) is 2.39. The van der Waals surface area contributed by atoms with Gasteiger partial charge in [0.15, 0.2) is 0 Å². The second-order valence-corrected chi connectivity index (χ2v) is 3.68. The van der Waals surface area contributed by atoms with E-state index in [1.165, 1.54) is 24.8 Å². The van der Waals surface area contributed by atoms with Gasteiger partial charge < -0.3 is 10.2 Å². The number of rotatable bonds is 2. The molecule has 0 aromatic carbocycles. The van der Waals surface area contributed by atoms with Crippen molar-refractivity contribution in [3.63, 3.8) is 0 Å². The monoisotopic (exact) mass is 165 g/mol. The van der Waals surface area contributed by atoms with E-state index < -0.39 is 0 Å². The molecule has 2 heteroatoms. The van der Waals surface area contributed by atoms with Crippen LogP contribution in [0, 0.1) is 12.8 Å². The quantitative estimate of drug-likeness (QED) is 0.730. The normalized spacial score (nSPS) is 20.5. The maximum absolute atomic E-state index is 6.05. The summed E-state index contributed by atoms with van der Waals surface area (Å²) in [6, 6.07) is 2.11. The maximum atomic E-state index is 6.05. The van der Waals surface area contributed by atoms with E-state index in [0.717, 1.165) is 5.76 Å². The Kier molecular flexibility index (Phi) is 1.93. The molecule has 0 spiro atoms. The standard InChI is InChI=1S/C10H15NO/c1-7-5-6-12-10(7)9(11)8-3-2-4-8/h5-6,8-9H,2-4,11H2,1H3. The van der Waals surface area contributed by atoms with Gasteiger partial charge in [-0.15, -0.1) is 0 Å². The van der Waals surface area contributed by atoms with Crippen LogP contribution in [0.3, 0.4) is 0 Å². The van der Waals surface area contributed by atoms with E-state index in [1.54, 1.807) is 6.26 Å². The van der Waals surface area contributed by atoms with E-state index in [9.17, 15) is 0 Å². The fraction of sp³-hybridized carbons (Fsp3) is 0.600. The van der Waals surface area contributed by atoms with Crippen molar-refractivity contribution in [2.75, 3.05) is 0 Å². The summed E-state index contributed by atoms with van der Waals surface area (Å²) >= 11 is 0. The highest BCUT2D eigenvalue weighted by molar-refractivity contribution is 5.18. The SMILES string of the molecule is Cc1ccoc1C(N)C1CCC1.